The van der Waals surface area contributed by atoms with Crippen molar-refractivity contribution in [2.24, 2.45) is 5.22 Å². The van der Waals surface area contributed by atoms with Gasteiger partial charge in [-0.3, -0.25) is 4.79 Å². The maximum Gasteiger partial charge on any atom is 0.371 e. The van der Waals surface area contributed by atoms with E-state index in [0.29, 0.717) is 4.41 Å². The highest BCUT2D eigenvalue weighted by atomic mass is 32.2. The molecule has 0 aromatic heterocycles. The van der Waals surface area contributed by atoms with Crippen LogP contribution >= 0.6 is 24.2 Å². The molecule has 0 heterocycles. The van der Waals surface area contributed by atoms with E-state index in [1.807, 2.05) is 0 Å². The highest BCUT2D eigenvalue weighted by Crippen LogP contribution is 2.12. The monoisotopic (exact) mass is 321 g/mol. The molecule has 2 N–H and O–H groups in total. The van der Waals surface area contributed by atoms with Crippen LogP contribution in [-0.2, 0) is 9.63 Å². The summed E-state index contributed by atoms with van der Waals surface area (Å²) in [5.41, 5.74) is 11.2. The Balaban J connectivity index is 4.98. The average Bonchev–Trinajstić information content (AvgIpc) is 2.41. The molecule has 0 aliphatic heterocycles. The quantitative estimate of drug-likeness (QED) is 0.0783. The Hall–Kier alpha value is -3.02. The van der Waals surface area contributed by atoms with E-state index < -0.39 is 16.2 Å². The van der Waals surface area contributed by atoms with Gasteiger partial charge in [0.15, 0.2) is 22.4 Å². The lowest BCUT2D eigenvalue weighted by atomic mass is 11.0. The minimum absolute atomic E-state index is 0.141. The summed E-state index contributed by atoms with van der Waals surface area (Å²) in [4.78, 5) is 37.7. The van der Waals surface area contributed by atoms with Gasteiger partial charge < -0.3 is 4.84 Å². The van der Waals surface area contributed by atoms with Gasteiger partial charge >= 0.3 is 17.6 Å². The third kappa shape index (κ3) is 5.54. The number of rotatable bonds is 5. The van der Waals surface area contributed by atoms with Gasteiger partial charge in [0.1, 0.15) is 0 Å². The van der Waals surface area contributed by atoms with E-state index >= 15 is 0 Å². The van der Waals surface area contributed by atoms with Crippen molar-refractivity contribution in [1.29, 1.82) is 5.26 Å². The number of azide groups is 1. The Kier molecular flexibility index (Phi) is 7.63. The van der Waals surface area contributed by atoms with Crippen molar-refractivity contribution in [3.63, 3.8) is 0 Å². The van der Waals surface area contributed by atoms with E-state index in [1.165, 1.54) is 10.9 Å². The van der Waals surface area contributed by atoms with Crippen LogP contribution < -0.4 is 10.9 Å². The number of carbonyl (C=O) groups is 2. The van der Waals surface area contributed by atoms with Gasteiger partial charge in [0.25, 0.3) is 0 Å². The molecule has 0 fully saturated rings. The fourth-order valence-electron chi connectivity index (χ4n) is 0.607. The molecule has 0 unspecified atom stereocenters. The number of nitriles is 1. The number of amides is 2. The lowest BCUT2D eigenvalue weighted by Crippen LogP contribution is -2.54. The standard InChI is InChI=1S/C4H3N9O5S2/c5-1-20-12(10-9-6)4(19)11(13(16)17)7-3(15)8-18-2-14/h2H,(H2,7,8,15). The Morgan fingerprint density at radius 3 is 2.85 bits per heavy atom. The second-order valence-corrected chi connectivity index (χ2v) is 3.30. The first-order valence-corrected chi connectivity index (χ1v) is 5.21. The van der Waals surface area contributed by atoms with E-state index in [1.54, 1.807) is 5.43 Å². The van der Waals surface area contributed by atoms with Crippen molar-refractivity contribution in [2.45, 2.75) is 0 Å². The molecule has 14 nitrogen and oxygen atoms in total. The first-order chi connectivity index (χ1) is 9.47. The number of urea groups is 1. The SMILES string of the molecule is N#CSN(N=[N+]=[N-])C(=S)N(NC(=O)NOC=O)[N+](=O)[O-]. The van der Waals surface area contributed by atoms with Gasteiger partial charge in [-0.2, -0.15) is 21.1 Å². The molecular formula is C4H3N9O5S2. The maximum absolute atomic E-state index is 11.1. The summed E-state index contributed by atoms with van der Waals surface area (Å²) >= 11 is 4.73. The van der Waals surface area contributed by atoms with Crippen LogP contribution in [0.15, 0.2) is 5.22 Å². The second-order valence-electron chi connectivity index (χ2n) is 2.22. The van der Waals surface area contributed by atoms with Crippen LogP contribution in [0.1, 0.15) is 0 Å². The molecular weight excluding hydrogens is 318 g/mol. The summed E-state index contributed by atoms with van der Waals surface area (Å²) < 4.78 is 0.360. The number of hydrogen-bond acceptors (Lipinski definition) is 9. The molecule has 0 rings (SSSR count). The predicted octanol–water partition coefficient (Wildman–Crippen LogP) is -0.276. The average molecular weight is 321 g/mol. The third-order valence-corrected chi connectivity index (χ3v) is 2.13. The van der Waals surface area contributed by atoms with E-state index in [9.17, 15) is 19.7 Å². The Morgan fingerprint density at radius 2 is 2.40 bits per heavy atom. The minimum Gasteiger partial charge on any atom is -0.343 e. The van der Waals surface area contributed by atoms with E-state index in [2.05, 4.69) is 27.2 Å². The molecule has 0 radical (unpaired) electrons. The van der Waals surface area contributed by atoms with Crippen LogP contribution in [-0.4, -0.2) is 32.2 Å². The largest absolute Gasteiger partial charge is 0.371 e. The topological polar surface area (TPSA) is 190 Å². The molecule has 0 spiro atoms. The molecule has 0 aliphatic carbocycles. The number of hydrazine groups is 2. The van der Waals surface area contributed by atoms with Gasteiger partial charge in [0.05, 0.1) is 5.12 Å². The molecule has 16 heteroatoms. The van der Waals surface area contributed by atoms with Crippen molar-refractivity contribution < 1.29 is 19.5 Å². The van der Waals surface area contributed by atoms with Crippen molar-refractivity contribution in [2.75, 3.05) is 0 Å². The predicted molar refractivity (Wildman–Crippen MR) is 64.4 cm³/mol. The molecule has 20 heavy (non-hydrogen) atoms. The summed E-state index contributed by atoms with van der Waals surface area (Å²) in [5.74, 6) is 0. The zero-order valence-corrected chi connectivity index (χ0v) is 10.7. The molecule has 0 aliphatic rings. The fraction of sp³-hybridized carbons (Fsp3) is 0. The molecule has 0 atom stereocenters. The summed E-state index contributed by atoms with van der Waals surface area (Å²) in [6, 6.07) is -1.32. The van der Waals surface area contributed by atoms with Crippen LogP contribution in [0.2, 0.25) is 0 Å². The van der Waals surface area contributed by atoms with Crippen molar-refractivity contribution >= 4 is 41.8 Å². The van der Waals surface area contributed by atoms with Crippen LogP contribution in [0, 0.1) is 20.8 Å². The number of thiocyanates is 1. The smallest absolute Gasteiger partial charge is 0.343 e. The Labute approximate surface area is 119 Å². The van der Waals surface area contributed by atoms with Crippen molar-refractivity contribution in [3.05, 3.63) is 20.6 Å². The molecule has 106 valence electrons. The van der Waals surface area contributed by atoms with E-state index in [4.69, 9.17) is 10.8 Å². The molecule has 0 bridgehead atoms. The summed E-state index contributed by atoms with van der Waals surface area (Å²) in [6.07, 6.45) is 0. The normalized spacial score (nSPS) is 8.15. The number of nitro groups is 1. The van der Waals surface area contributed by atoms with E-state index in [-0.39, 0.29) is 23.5 Å². The van der Waals surface area contributed by atoms with Gasteiger partial charge in [-0.15, -0.1) is 9.95 Å². The van der Waals surface area contributed by atoms with Gasteiger partial charge in [-0.05, 0) is 12.2 Å². The molecule has 0 saturated carbocycles. The molecule has 0 saturated heterocycles. The van der Waals surface area contributed by atoms with Gasteiger partial charge in [0, 0.05) is 5.22 Å². The highest BCUT2D eigenvalue weighted by Gasteiger charge is 2.33. The Morgan fingerprint density at radius 1 is 1.75 bits per heavy atom. The van der Waals surface area contributed by atoms with Gasteiger partial charge in [-0.1, -0.05) is 0 Å². The van der Waals surface area contributed by atoms with Gasteiger partial charge in [-0.25, -0.2) is 14.9 Å². The number of hydrogen-bond donors (Lipinski definition) is 2. The summed E-state index contributed by atoms with van der Waals surface area (Å²) in [5, 5.41) is 21.3. The van der Waals surface area contributed by atoms with E-state index in [0.717, 1.165) is 0 Å². The van der Waals surface area contributed by atoms with Crippen molar-refractivity contribution in [3.8, 4) is 5.40 Å². The number of nitrogens with one attached hydrogen (secondary N) is 2. The van der Waals surface area contributed by atoms with Crippen molar-refractivity contribution in [1.82, 2.24) is 20.4 Å². The van der Waals surface area contributed by atoms with Crippen LogP contribution in [0.3, 0.4) is 0 Å². The summed E-state index contributed by atoms with van der Waals surface area (Å²) in [6.45, 7) is -0.147. The first-order valence-electron chi connectivity index (χ1n) is 4.03. The van der Waals surface area contributed by atoms with Crippen LogP contribution in [0.4, 0.5) is 4.79 Å². The van der Waals surface area contributed by atoms with Crippen LogP contribution in [0.25, 0.3) is 10.4 Å². The van der Waals surface area contributed by atoms with Gasteiger partial charge in [0.2, 0.25) is 0 Å². The number of carbonyl (C=O) groups excluding carboxylic acids is 2. The fourth-order valence-corrected chi connectivity index (χ4v) is 1.17. The maximum atomic E-state index is 11.1. The summed E-state index contributed by atoms with van der Waals surface area (Å²) in [7, 11) is 0. The lowest BCUT2D eigenvalue weighted by Gasteiger charge is -2.15. The van der Waals surface area contributed by atoms with Crippen LogP contribution in [0.5, 0.6) is 0 Å². The minimum atomic E-state index is -1.32. The number of hydroxylamine groups is 1. The lowest BCUT2D eigenvalue weighted by molar-refractivity contribution is -0.640. The first kappa shape index (κ1) is 17.0. The molecule has 2 amide bonds. The number of thiocarbonyl (C=S) groups is 1. The third-order valence-electron chi connectivity index (χ3n) is 1.16. The number of nitrogens with zero attached hydrogens (tertiary/aromatic N) is 7. The Bertz CT molecular complexity index is 497. The zero-order valence-electron chi connectivity index (χ0n) is 9.07. The highest BCUT2D eigenvalue weighted by molar-refractivity contribution is 8.02. The zero-order chi connectivity index (χ0) is 15.5. The molecule has 0 aromatic carbocycles. The molecule has 0 aromatic rings. The second kappa shape index (κ2) is 8.98.